The number of pyridine rings is 1. The summed E-state index contributed by atoms with van der Waals surface area (Å²) in [4.78, 5) is 17.7. The molecule has 1 saturated heterocycles. The standard InChI is InChI=1S/C11H16N4O/c16-11(15-7-5-12-6-8-15)9-14-10-3-1-2-4-13-10/h1-4,12H,5-9H2,(H,13,14). The third kappa shape index (κ3) is 2.93. The summed E-state index contributed by atoms with van der Waals surface area (Å²) in [5, 5.41) is 6.24. The van der Waals surface area contributed by atoms with Crippen molar-refractivity contribution in [2.75, 3.05) is 38.0 Å². The highest BCUT2D eigenvalue weighted by molar-refractivity contribution is 5.80. The Morgan fingerprint density at radius 2 is 2.25 bits per heavy atom. The van der Waals surface area contributed by atoms with Crippen LogP contribution in [0.5, 0.6) is 0 Å². The minimum atomic E-state index is 0.132. The van der Waals surface area contributed by atoms with E-state index in [-0.39, 0.29) is 5.91 Å². The van der Waals surface area contributed by atoms with Crippen molar-refractivity contribution in [3.05, 3.63) is 24.4 Å². The molecule has 5 nitrogen and oxygen atoms in total. The second-order valence-corrected chi connectivity index (χ2v) is 3.70. The Morgan fingerprint density at radius 3 is 2.94 bits per heavy atom. The fourth-order valence-electron chi connectivity index (χ4n) is 1.66. The first-order valence-corrected chi connectivity index (χ1v) is 5.49. The van der Waals surface area contributed by atoms with Gasteiger partial charge in [-0.1, -0.05) is 6.07 Å². The van der Waals surface area contributed by atoms with E-state index in [9.17, 15) is 4.79 Å². The van der Waals surface area contributed by atoms with E-state index >= 15 is 0 Å². The Hall–Kier alpha value is -1.62. The monoisotopic (exact) mass is 220 g/mol. The molecule has 1 amide bonds. The summed E-state index contributed by atoms with van der Waals surface area (Å²) in [5.41, 5.74) is 0. The third-order valence-electron chi connectivity index (χ3n) is 2.56. The first-order valence-electron chi connectivity index (χ1n) is 5.49. The number of carbonyl (C=O) groups is 1. The predicted octanol–water partition coefficient (Wildman–Crippen LogP) is -0.0747. The molecule has 0 aliphatic carbocycles. The van der Waals surface area contributed by atoms with Crippen LogP contribution in [-0.4, -0.2) is 48.5 Å². The van der Waals surface area contributed by atoms with Crippen molar-refractivity contribution in [2.45, 2.75) is 0 Å². The number of rotatable bonds is 3. The number of nitrogens with one attached hydrogen (secondary N) is 2. The summed E-state index contributed by atoms with van der Waals surface area (Å²) in [6, 6.07) is 5.60. The van der Waals surface area contributed by atoms with Crippen LogP contribution >= 0.6 is 0 Å². The molecule has 2 N–H and O–H groups in total. The van der Waals surface area contributed by atoms with Gasteiger partial charge in [-0.15, -0.1) is 0 Å². The number of nitrogens with zero attached hydrogens (tertiary/aromatic N) is 2. The maximum atomic E-state index is 11.8. The van der Waals surface area contributed by atoms with E-state index in [1.807, 2.05) is 23.1 Å². The highest BCUT2D eigenvalue weighted by Gasteiger charge is 2.15. The van der Waals surface area contributed by atoms with Crippen molar-refractivity contribution in [3.8, 4) is 0 Å². The summed E-state index contributed by atoms with van der Waals surface area (Å²) < 4.78 is 0. The highest BCUT2D eigenvalue weighted by Crippen LogP contribution is 2.00. The fourth-order valence-corrected chi connectivity index (χ4v) is 1.66. The molecule has 5 heteroatoms. The van der Waals surface area contributed by atoms with Gasteiger partial charge in [0.15, 0.2) is 0 Å². The van der Waals surface area contributed by atoms with Gasteiger partial charge in [0.05, 0.1) is 6.54 Å². The smallest absolute Gasteiger partial charge is 0.242 e. The number of aromatic nitrogens is 1. The van der Waals surface area contributed by atoms with Crippen LogP contribution in [0, 0.1) is 0 Å². The largest absolute Gasteiger partial charge is 0.361 e. The molecular formula is C11H16N4O. The van der Waals surface area contributed by atoms with E-state index in [2.05, 4.69) is 15.6 Å². The lowest BCUT2D eigenvalue weighted by molar-refractivity contribution is -0.129. The van der Waals surface area contributed by atoms with Crippen LogP contribution in [-0.2, 0) is 4.79 Å². The minimum Gasteiger partial charge on any atom is -0.361 e. The molecule has 16 heavy (non-hydrogen) atoms. The topological polar surface area (TPSA) is 57.3 Å². The first-order chi connectivity index (χ1) is 7.86. The zero-order valence-corrected chi connectivity index (χ0v) is 9.15. The molecule has 2 rings (SSSR count). The lowest BCUT2D eigenvalue weighted by atomic mass is 10.3. The molecule has 1 aromatic heterocycles. The zero-order valence-electron chi connectivity index (χ0n) is 9.15. The van der Waals surface area contributed by atoms with E-state index in [4.69, 9.17) is 0 Å². The Bertz CT molecular complexity index is 335. The van der Waals surface area contributed by atoms with Gasteiger partial charge in [0.1, 0.15) is 5.82 Å². The number of hydrogen-bond acceptors (Lipinski definition) is 4. The molecule has 0 aromatic carbocycles. The van der Waals surface area contributed by atoms with E-state index < -0.39 is 0 Å². The zero-order chi connectivity index (χ0) is 11.2. The third-order valence-corrected chi connectivity index (χ3v) is 2.56. The van der Waals surface area contributed by atoms with Gasteiger partial charge in [-0.2, -0.15) is 0 Å². The molecule has 0 saturated carbocycles. The van der Waals surface area contributed by atoms with Gasteiger partial charge in [-0.3, -0.25) is 4.79 Å². The summed E-state index contributed by atoms with van der Waals surface area (Å²) in [5.74, 6) is 0.873. The van der Waals surface area contributed by atoms with Crippen molar-refractivity contribution >= 4 is 11.7 Å². The summed E-state index contributed by atoms with van der Waals surface area (Å²) in [6.07, 6.45) is 1.71. The van der Waals surface area contributed by atoms with Crippen LogP contribution in [0.25, 0.3) is 0 Å². The van der Waals surface area contributed by atoms with Gasteiger partial charge < -0.3 is 15.5 Å². The lowest BCUT2D eigenvalue weighted by Crippen LogP contribution is -2.48. The SMILES string of the molecule is O=C(CNc1ccccn1)N1CCNCC1. The van der Waals surface area contributed by atoms with Crippen LogP contribution < -0.4 is 10.6 Å². The molecule has 0 radical (unpaired) electrons. The molecule has 0 unspecified atom stereocenters. The van der Waals surface area contributed by atoms with Gasteiger partial charge in [0.25, 0.3) is 0 Å². The number of carbonyl (C=O) groups excluding carboxylic acids is 1. The van der Waals surface area contributed by atoms with Gasteiger partial charge in [-0.25, -0.2) is 4.98 Å². The number of hydrogen-bond donors (Lipinski definition) is 2. The number of anilines is 1. The van der Waals surface area contributed by atoms with Crippen molar-refractivity contribution in [1.29, 1.82) is 0 Å². The summed E-state index contributed by atoms with van der Waals surface area (Å²) in [7, 11) is 0. The quantitative estimate of drug-likeness (QED) is 0.748. The Balaban J connectivity index is 1.79. The van der Waals surface area contributed by atoms with Crippen molar-refractivity contribution < 1.29 is 4.79 Å². The molecule has 1 fully saturated rings. The maximum absolute atomic E-state index is 11.8. The Kier molecular flexibility index (Phi) is 3.71. The van der Waals surface area contributed by atoms with Crippen molar-refractivity contribution in [1.82, 2.24) is 15.2 Å². The number of piperazine rings is 1. The van der Waals surface area contributed by atoms with E-state index in [1.165, 1.54) is 0 Å². The molecule has 86 valence electrons. The molecule has 2 heterocycles. The van der Waals surface area contributed by atoms with E-state index in [1.54, 1.807) is 6.20 Å². The molecule has 0 bridgehead atoms. The average Bonchev–Trinajstić information content (AvgIpc) is 2.38. The van der Waals surface area contributed by atoms with Crippen LogP contribution in [0.2, 0.25) is 0 Å². The van der Waals surface area contributed by atoms with Gasteiger partial charge in [0.2, 0.25) is 5.91 Å². The van der Waals surface area contributed by atoms with E-state index in [0.717, 1.165) is 32.0 Å². The van der Waals surface area contributed by atoms with Crippen LogP contribution in [0.3, 0.4) is 0 Å². The van der Waals surface area contributed by atoms with Crippen LogP contribution in [0.15, 0.2) is 24.4 Å². The fraction of sp³-hybridized carbons (Fsp3) is 0.455. The molecule has 0 spiro atoms. The van der Waals surface area contributed by atoms with Crippen LogP contribution in [0.1, 0.15) is 0 Å². The highest BCUT2D eigenvalue weighted by atomic mass is 16.2. The summed E-state index contributed by atoms with van der Waals surface area (Å²) in [6.45, 7) is 3.67. The number of amides is 1. The average molecular weight is 220 g/mol. The van der Waals surface area contributed by atoms with E-state index in [0.29, 0.717) is 6.54 Å². The molecule has 1 aliphatic rings. The Morgan fingerprint density at radius 1 is 1.44 bits per heavy atom. The van der Waals surface area contributed by atoms with Gasteiger partial charge in [0, 0.05) is 32.4 Å². The molecule has 1 aromatic rings. The molecule has 0 atom stereocenters. The normalized spacial score (nSPS) is 15.9. The van der Waals surface area contributed by atoms with Crippen molar-refractivity contribution in [3.63, 3.8) is 0 Å². The second-order valence-electron chi connectivity index (χ2n) is 3.70. The lowest BCUT2D eigenvalue weighted by Gasteiger charge is -2.27. The summed E-state index contributed by atoms with van der Waals surface area (Å²) >= 11 is 0. The predicted molar refractivity (Wildman–Crippen MR) is 62.2 cm³/mol. The molecular weight excluding hydrogens is 204 g/mol. The minimum absolute atomic E-state index is 0.132. The van der Waals surface area contributed by atoms with Crippen LogP contribution in [0.4, 0.5) is 5.82 Å². The second kappa shape index (κ2) is 5.46. The Labute approximate surface area is 94.9 Å². The van der Waals surface area contributed by atoms with Crippen molar-refractivity contribution in [2.24, 2.45) is 0 Å². The van der Waals surface area contributed by atoms with Gasteiger partial charge in [-0.05, 0) is 12.1 Å². The maximum Gasteiger partial charge on any atom is 0.242 e. The van der Waals surface area contributed by atoms with Gasteiger partial charge >= 0.3 is 0 Å². The molecule has 1 aliphatic heterocycles. The first kappa shape index (κ1) is 10.9.